The van der Waals surface area contributed by atoms with E-state index in [1.807, 2.05) is 18.2 Å². The molecular weight excluding hydrogens is 322 g/mol. The smallest absolute Gasteiger partial charge is 0.305 e. The Labute approximate surface area is 147 Å². The van der Waals surface area contributed by atoms with E-state index in [4.69, 9.17) is 14.6 Å². The predicted molar refractivity (Wildman–Crippen MR) is 91.3 cm³/mol. The highest BCUT2D eigenvalue weighted by Crippen LogP contribution is 2.30. The Hall–Kier alpha value is -1.92. The first kappa shape index (κ1) is 17.9. The summed E-state index contributed by atoms with van der Waals surface area (Å²) in [5, 5.41) is 8.96. The van der Waals surface area contributed by atoms with Crippen LogP contribution in [-0.4, -0.2) is 54.3 Å². The van der Waals surface area contributed by atoms with Crippen LogP contribution >= 0.6 is 0 Å². The van der Waals surface area contributed by atoms with E-state index in [0.29, 0.717) is 19.8 Å². The Bertz CT molecular complexity index is 612. The Kier molecular flexibility index (Phi) is 6.04. The number of aliphatic carboxylic acids is 1. The lowest BCUT2D eigenvalue weighted by Crippen LogP contribution is -2.39. The van der Waals surface area contributed by atoms with Crippen molar-refractivity contribution >= 4 is 11.9 Å². The molecule has 1 amide bonds. The summed E-state index contributed by atoms with van der Waals surface area (Å²) >= 11 is 0. The molecule has 6 heteroatoms. The topological polar surface area (TPSA) is 76.1 Å². The van der Waals surface area contributed by atoms with Gasteiger partial charge >= 0.3 is 5.97 Å². The first-order chi connectivity index (χ1) is 12.1. The molecule has 136 valence electrons. The highest BCUT2D eigenvalue weighted by molar-refractivity contribution is 5.78. The molecule has 0 unspecified atom stereocenters. The highest BCUT2D eigenvalue weighted by atomic mass is 16.5. The molecule has 2 aliphatic heterocycles. The van der Waals surface area contributed by atoms with Gasteiger partial charge in [0.05, 0.1) is 31.7 Å². The van der Waals surface area contributed by atoms with Gasteiger partial charge in [0.15, 0.2) is 0 Å². The summed E-state index contributed by atoms with van der Waals surface area (Å²) < 4.78 is 11.4. The molecule has 0 spiro atoms. The number of nitrogens with zero attached hydrogens (tertiary/aromatic N) is 1. The fourth-order valence-electron chi connectivity index (χ4n) is 3.52. The number of fused-ring (bicyclic) bond motifs is 1. The molecular formula is C19H25NO5. The largest absolute Gasteiger partial charge is 0.481 e. The van der Waals surface area contributed by atoms with Gasteiger partial charge in [-0.2, -0.15) is 0 Å². The molecule has 25 heavy (non-hydrogen) atoms. The van der Waals surface area contributed by atoms with Gasteiger partial charge in [-0.15, -0.1) is 0 Å². The van der Waals surface area contributed by atoms with Crippen LogP contribution in [0.15, 0.2) is 24.3 Å². The summed E-state index contributed by atoms with van der Waals surface area (Å²) in [7, 11) is 0. The molecule has 1 fully saturated rings. The molecule has 6 nitrogen and oxygen atoms in total. The van der Waals surface area contributed by atoms with E-state index in [2.05, 4.69) is 6.07 Å². The molecule has 1 aromatic carbocycles. The zero-order chi connectivity index (χ0) is 17.6. The summed E-state index contributed by atoms with van der Waals surface area (Å²) in [6.07, 6.45) is 2.71. The number of benzene rings is 1. The monoisotopic (exact) mass is 347 g/mol. The number of amides is 1. The Morgan fingerprint density at radius 2 is 2.04 bits per heavy atom. The first-order valence-electron chi connectivity index (χ1n) is 8.94. The second-order valence-electron chi connectivity index (χ2n) is 6.63. The van der Waals surface area contributed by atoms with Gasteiger partial charge in [0.25, 0.3) is 0 Å². The van der Waals surface area contributed by atoms with E-state index in [0.717, 1.165) is 24.8 Å². The molecule has 1 saturated heterocycles. The van der Waals surface area contributed by atoms with E-state index in [9.17, 15) is 9.59 Å². The van der Waals surface area contributed by atoms with E-state index >= 15 is 0 Å². The predicted octanol–water partition coefficient (Wildman–Crippen LogP) is 2.17. The molecule has 0 radical (unpaired) electrons. The molecule has 3 rings (SSSR count). The maximum absolute atomic E-state index is 12.8. The normalized spacial score (nSPS) is 22.4. The maximum Gasteiger partial charge on any atom is 0.305 e. The van der Waals surface area contributed by atoms with Crippen molar-refractivity contribution in [2.75, 3.05) is 26.3 Å². The van der Waals surface area contributed by atoms with Crippen LogP contribution in [0.3, 0.4) is 0 Å². The van der Waals surface area contributed by atoms with E-state index < -0.39 is 5.97 Å². The summed E-state index contributed by atoms with van der Waals surface area (Å²) in [4.78, 5) is 25.4. The lowest BCUT2D eigenvalue weighted by Gasteiger charge is -2.30. The van der Waals surface area contributed by atoms with Crippen molar-refractivity contribution in [2.45, 2.75) is 44.3 Å². The van der Waals surface area contributed by atoms with Crippen LogP contribution in [-0.2, 0) is 25.5 Å². The number of rotatable bonds is 7. The van der Waals surface area contributed by atoms with Gasteiger partial charge in [-0.3, -0.25) is 9.59 Å². The number of carboxylic acids is 1. The summed E-state index contributed by atoms with van der Waals surface area (Å²) in [5.41, 5.74) is 2.29. The second kappa shape index (κ2) is 8.45. The molecule has 2 aliphatic rings. The maximum atomic E-state index is 12.8. The second-order valence-corrected chi connectivity index (χ2v) is 6.63. The molecule has 1 N–H and O–H groups in total. The van der Waals surface area contributed by atoms with Gasteiger partial charge in [-0.25, -0.2) is 0 Å². The van der Waals surface area contributed by atoms with Gasteiger partial charge in [0.2, 0.25) is 5.91 Å². The van der Waals surface area contributed by atoms with E-state index in [1.54, 1.807) is 4.90 Å². The number of ether oxygens (including phenoxy) is 2. The van der Waals surface area contributed by atoms with Crippen LogP contribution in [0.2, 0.25) is 0 Å². The third-order valence-corrected chi connectivity index (χ3v) is 4.85. The van der Waals surface area contributed by atoms with Gasteiger partial charge < -0.3 is 19.5 Å². The van der Waals surface area contributed by atoms with E-state index in [1.165, 1.54) is 5.56 Å². The summed E-state index contributed by atoms with van der Waals surface area (Å²) in [6.45, 7) is 1.99. The van der Waals surface area contributed by atoms with Gasteiger partial charge in [0, 0.05) is 19.7 Å². The van der Waals surface area contributed by atoms with Crippen LogP contribution in [0.4, 0.5) is 0 Å². The number of hydrogen-bond acceptors (Lipinski definition) is 4. The lowest BCUT2D eigenvalue weighted by atomic mass is 9.95. The molecule has 0 saturated carbocycles. The van der Waals surface area contributed by atoms with Crippen molar-refractivity contribution < 1.29 is 24.2 Å². The van der Waals surface area contributed by atoms with Crippen molar-refractivity contribution in [1.29, 1.82) is 0 Å². The average molecular weight is 347 g/mol. The zero-order valence-corrected chi connectivity index (χ0v) is 14.4. The van der Waals surface area contributed by atoms with Gasteiger partial charge in [-0.1, -0.05) is 24.3 Å². The van der Waals surface area contributed by atoms with Crippen molar-refractivity contribution in [3.05, 3.63) is 35.4 Å². The molecule has 1 aromatic rings. The highest BCUT2D eigenvalue weighted by Gasteiger charge is 2.28. The van der Waals surface area contributed by atoms with E-state index in [-0.39, 0.29) is 37.5 Å². The van der Waals surface area contributed by atoms with Crippen LogP contribution in [0, 0.1) is 0 Å². The standard InChI is InChI=1S/C19H25NO5/c21-18(12-17-16-6-2-1-4-14(16)8-11-25-17)20(9-7-19(22)23)13-15-5-3-10-24-15/h1-2,4,6,15,17H,3,5,7-13H2,(H,22,23)/t15-,17+/m0/s1. The third kappa shape index (κ3) is 4.80. The number of carbonyl (C=O) groups is 2. The first-order valence-corrected chi connectivity index (χ1v) is 8.94. The summed E-state index contributed by atoms with van der Waals surface area (Å²) in [6, 6.07) is 8.04. The Morgan fingerprint density at radius 1 is 1.20 bits per heavy atom. The zero-order valence-electron chi connectivity index (χ0n) is 14.4. The molecule has 0 aliphatic carbocycles. The van der Waals surface area contributed by atoms with Crippen molar-refractivity contribution in [2.24, 2.45) is 0 Å². The average Bonchev–Trinajstić information content (AvgIpc) is 3.12. The number of carboxylic acid groups (broad SMARTS) is 1. The van der Waals surface area contributed by atoms with Gasteiger partial charge in [-0.05, 0) is 30.4 Å². The van der Waals surface area contributed by atoms with Crippen LogP contribution < -0.4 is 0 Å². The quantitative estimate of drug-likeness (QED) is 0.818. The SMILES string of the molecule is O=C(O)CCN(C[C@@H]1CCCO1)C(=O)C[C@H]1OCCc2ccccc21. The van der Waals surface area contributed by atoms with Gasteiger partial charge in [0.1, 0.15) is 0 Å². The molecule has 0 aromatic heterocycles. The molecule has 2 heterocycles. The van der Waals surface area contributed by atoms with Crippen molar-refractivity contribution in [1.82, 2.24) is 4.90 Å². The minimum Gasteiger partial charge on any atom is -0.481 e. The Balaban J connectivity index is 1.65. The molecule has 0 bridgehead atoms. The fourth-order valence-corrected chi connectivity index (χ4v) is 3.52. The van der Waals surface area contributed by atoms with Crippen LogP contribution in [0.25, 0.3) is 0 Å². The van der Waals surface area contributed by atoms with Crippen molar-refractivity contribution in [3.8, 4) is 0 Å². The Morgan fingerprint density at radius 3 is 2.80 bits per heavy atom. The third-order valence-electron chi connectivity index (χ3n) is 4.85. The summed E-state index contributed by atoms with van der Waals surface area (Å²) in [5.74, 6) is -0.970. The number of hydrogen-bond donors (Lipinski definition) is 1. The number of carbonyl (C=O) groups excluding carboxylic acids is 1. The minimum absolute atomic E-state index is 0.0114. The van der Waals surface area contributed by atoms with Crippen molar-refractivity contribution in [3.63, 3.8) is 0 Å². The lowest BCUT2D eigenvalue weighted by molar-refractivity contribution is -0.140. The molecule has 2 atom stereocenters. The fraction of sp³-hybridized carbons (Fsp3) is 0.579. The van der Waals surface area contributed by atoms with Crippen LogP contribution in [0.5, 0.6) is 0 Å². The minimum atomic E-state index is -0.899. The van der Waals surface area contributed by atoms with Crippen LogP contribution in [0.1, 0.15) is 42.9 Å².